The number of unbranched alkanes of at least 4 members (excludes halogenated alkanes) is 41. The van der Waals surface area contributed by atoms with Crippen LogP contribution < -0.4 is 5.32 Å². The maximum atomic E-state index is 13.0. The predicted molar refractivity (Wildman–Crippen MR) is 327 cm³/mol. The summed E-state index contributed by atoms with van der Waals surface area (Å²) in [4.78, 5) is 23.4. The van der Waals surface area contributed by atoms with E-state index in [-0.39, 0.29) is 19.1 Å². The number of quaternary nitrogens is 1. The third-order valence-corrected chi connectivity index (χ3v) is 15.8. The molecule has 0 aliphatic carbocycles. The molecule has 3 N–H and O–H groups in total. The van der Waals surface area contributed by atoms with Crippen molar-refractivity contribution in [3.8, 4) is 0 Å². The number of nitrogens with one attached hydrogen (secondary N) is 1. The second kappa shape index (κ2) is 57.2. The third-order valence-electron chi connectivity index (χ3n) is 14.8. The third kappa shape index (κ3) is 60.0. The lowest BCUT2D eigenvalue weighted by Crippen LogP contribution is -2.45. The molecule has 0 aliphatic heterocycles. The summed E-state index contributed by atoms with van der Waals surface area (Å²) in [7, 11) is 1.56. The molecule has 0 rings (SSSR count). The summed E-state index contributed by atoms with van der Waals surface area (Å²) in [5, 5.41) is 14.0. The van der Waals surface area contributed by atoms with Crippen LogP contribution >= 0.6 is 7.82 Å². The van der Waals surface area contributed by atoms with Crippen molar-refractivity contribution in [2.75, 3.05) is 40.9 Å². The average molecular weight is 1080 g/mol. The lowest BCUT2D eigenvalue weighted by atomic mass is 10.0. The standard InChI is InChI=1S/C66H127N2O6P/c1-6-8-10-12-14-16-18-20-22-24-26-28-30-32-33-34-35-36-38-40-42-44-46-48-50-52-54-56-58-60-66(70)67-64(63-74-75(71,72)73-62-61-68(3,4)5)65(69)59-57-55-53-51-49-47-45-43-41-39-37-31-29-27-25-23-21-19-17-15-13-11-9-7-2/h26,28,32-33,49,51,57,59,64-65,69H,6-25,27,29-31,34-48,50,52-56,58,60-63H2,1-5H3,(H-,67,70,71,72)/p+1/b28-26-,33-32-,51-49+,59-57+. The van der Waals surface area contributed by atoms with Crippen LogP contribution in [-0.4, -0.2) is 73.4 Å². The fourth-order valence-electron chi connectivity index (χ4n) is 9.68. The molecule has 8 nitrogen and oxygen atoms in total. The predicted octanol–water partition coefficient (Wildman–Crippen LogP) is 20.3. The molecule has 9 heteroatoms. The van der Waals surface area contributed by atoms with Crippen LogP contribution in [-0.2, 0) is 18.4 Å². The number of aliphatic hydroxyl groups excluding tert-OH is 1. The zero-order valence-electron chi connectivity index (χ0n) is 50.6. The van der Waals surface area contributed by atoms with Crippen LogP contribution in [0, 0.1) is 0 Å². The molecule has 0 fully saturated rings. The monoisotopic (exact) mass is 1080 g/mol. The van der Waals surface area contributed by atoms with Crippen molar-refractivity contribution in [2.45, 2.75) is 328 Å². The summed E-state index contributed by atoms with van der Waals surface area (Å²) >= 11 is 0. The lowest BCUT2D eigenvalue weighted by molar-refractivity contribution is -0.870. The van der Waals surface area contributed by atoms with Crippen LogP contribution in [0.25, 0.3) is 0 Å². The van der Waals surface area contributed by atoms with Crippen molar-refractivity contribution >= 4 is 13.7 Å². The number of phosphoric acid groups is 1. The maximum absolute atomic E-state index is 13.0. The van der Waals surface area contributed by atoms with Crippen molar-refractivity contribution in [1.82, 2.24) is 5.32 Å². The van der Waals surface area contributed by atoms with Gasteiger partial charge >= 0.3 is 7.82 Å². The van der Waals surface area contributed by atoms with Gasteiger partial charge in [0.2, 0.25) is 5.91 Å². The summed E-state index contributed by atoms with van der Waals surface area (Å²) in [5.74, 6) is -0.184. The molecule has 0 saturated heterocycles. The lowest BCUT2D eigenvalue weighted by Gasteiger charge is -2.25. The molecule has 3 atom stereocenters. The highest BCUT2D eigenvalue weighted by molar-refractivity contribution is 7.47. The van der Waals surface area contributed by atoms with E-state index >= 15 is 0 Å². The van der Waals surface area contributed by atoms with Gasteiger partial charge in [-0.15, -0.1) is 0 Å². The Morgan fingerprint density at radius 2 is 0.773 bits per heavy atom. The van der Waals surface area contributed by atoms with E-state index in [0.717, 1.165) is 44.9 Å². The summed E-state index contributed by atoms with van der Waals surface area (Å²) in [6, 6.07) is -0.866. The number of amides is 1. The maximum Gasteiger partial charge on any atom is 0.472 e. The second-order valence-corrected chi connectivity index (χ2v) is 24.9. The molecule has 0 saturated carbocycles. The minimum atomic E-state index is -4.36. The highest BCUT2D eigenvalue weighted by Gasteiger charge is 2.27. The Kier molecular flexibility index (Phi) is 56.0. The number of rotatable bonds is 60. The molecule has 0 aromatic heterocycles. The molecule has 1 amide bonds. The summed E-state index contributed by atoms with van der Waals surface area (Å²) in [5.41, 5.74) is 0. The first kappa shape index (κ1) is 73.5. The number of phosphoric ester groups is 1. The highest BCUT2D eigenvalue weighted by Crippen LogP contribution is 2.43. The van der Waals surface area contributed by atoms with Gasteiger partial charge in [0.15, 0.2) is 0 Å². The summed E-state index contributed by atoms with van der Waals surface area (Å²) in [6.45, 7) is 4.84. The number of likely N-dealkylation sites (N-methyl/N-ethyl adjacent to an activating group) is 1. The zero-order valence-corrected chi connectivity index (χ0v) is 51.4. The van der Waals surface area contributed by atoms with Gasteiger partial charge in [0.25, 0.3) is 0 Å². The van der Waals surface area contributed by atoms with Crippen LogP contribution in [0.1, 0.15) is 316 Å². The number of hydrogen-bond donors (Lipinski definition) is 3. The van der Waals surface area contributed by atoms with Gasteiger partial charge in [0, 0.05) is 6.42 Å². The SMILES string of the molecule is CCCCCCCCCCC/C=C\C/C=C\CCCCCCCCCCCCCCCC(=O)NC(COP(=O)(O)OCC[N+](C)(C)C)C(O)/C=C/CC/C=C/CCCCCCCCCCCCCCCCCCCC. The molecule has 0 heterocycles. The van der Waals surface area contributed by atoms with Gasteiger partial charge in [-0.2, -0.15) is 0 Å². The quantitative estimate of drug-likeness (QED) is 0.0243. The van der Waals surface area contributed by atoms with Gasteiger partial charge < -0.3 is 19.8 Å². The smallest absolute Gasteiger partial charge is 0.387 e. The fourth-order valence-corrected chi connectivity index (χ4v) is 10.4. The van der Waals surface area contributed by atoms with Crippen LogP contribution in [0.4, 0.5) is 0 Å². The average Bonchev–Trinajstić information content (AvgIpc) is 3.37. The van der Waals surface area contributed by atoms with E-state index in [9.17, 15) is 19.4 Å². The van der Waals surface area contributed by atoms with Crippen LogP contribution in [0.5, 0.6) is 0 Å². The molecule has 0 aromatic carbocycles. The molecular formula is C66H128N2O6P+. The number of nitrogens with zero attached hydrogens (tertiary/aromatic N) is 1. The van der Waals surface area contributed by atoms with Crippen LogP contribution in [0.2, 0.25) is 0 Å². The number of hydrogen-bond acceptors (Lipinski definition) is 5. The van der Waals surface area contributed by atoms with Gasteiger partial charge in [-0.3, -0.25) is 13.8 Å². The van der Waals surface area contributed by atoms with E-state index < -0.39 is 20.0 Å². The first-order valence-electron chi connectivity index (χ1n) is 32.5. The molecular weight excluding hydrogens is 948 g/mol. The normalized spacial score (nSPS) is 14.1. The van der Waals surface area contributed by atoms with Crippen molar-refractivity contribution in [2.24, 2.45) is 0 Å². The van der Waals surface area contributed by atoms with E-state index in [1.807, 2.05) is 27.2 Å². The zero-order chi connectivity index (χ0) is 54.9. The minimum absolute atomic E-state index is 0.0560. The second-order valence-electron chi connectivity index (χ2n) is 23.5. The number of allylic oxidation sites excluding steroid dienone is 7. The highest BCUT2D eigenvalue weighted by atomic mass is 31.2. The van der Waals surface area contributed by atoms with E-state index in [2.05, 4.69) is 55.6 Å². The fraction of sp³-hybridized carbons (Fsp3) is 0.864. The Balaban J connectivity index is 4.15. The van der Waals surface area contributed by atoms with Crippen molar-refractivity contribution in [3.05, 3.63) is 48.6 Å². The first-order chi connectivity index (χ1) is 36.5. The topological polar surface area (TPSA) is 105 Å². The van der Waals surface area contributed by atoms with Crippen LogP contribution in [0.15, 0.2) is 48.6 Å². The number of carbonyl (C=O) groups is 1. The Bertz CT molecular complexity index is 1360. The van der Waals surface area contributed by atoms with Crippen molar-refractivity contribution in [3.63, 3.8) is 0 Å². The van der Waals surface area contributed by atoms with Gasteiger partial charge in [-0.25, -0.2) is 4.57 Å². The molecule has 0 bridgehead atoms. The van der Waals surface area contributed by atoms with Gasteiger partial charge in [-0.05, 0) is 64.2 Å². The molecule has 0 radical (unpaired) electrons. The van der Waals surface area contributed by atoms with E-state index in [1.54, 1.807) is 6.08 Å². The Labute approximate surface area is 467 Å². The van der Waals surface area contributed by atoms with E-state index in [0.29, 0.717) is 17.4 Å². The summed E-state index contributed by atoms with van der Waals surface area (Å²) < 4.78 is 23.8. The molecule has 0 aliphatic rings. The minimum Gasteiger partial charge on any atom is -0.387 e. The largest absolute Gasteiger partial charge is 0.472 e. The Morgan fingerprint density at radius 3 is 1.15 bits per heavy atom. The molecule has 0 aromatic rings. The molecule has 75 heavy (non-hydrogen) atoms. The molecule has 0 spiro atoms. The Hall–Kier alpha value is -1.54. The van der Waals surface area contributed by atoms with Gasteiger partial charge in [-0.1, -0.05) is 294 Å². The van der Waals surface area contributed by atoms with E-state index in [1.165, 1.54) is 250 Å². The van der Waals surface area contributed by atoms with E-state index in [4.69, 9.17) is 9.05 Å². The molecule has 3 unspecified atom stereocenters. The van der Waals surface area contributed by atoms with Crippen LogP contribution in [0.3, 0.4) is 0 Å². The number of carbonyl (C=O) groups excluding carboxylic acids is 1. The molecule has 442 valence electrons. The summed E-state index contributed by atoms with van der Waals surface area (Å²) in [6.07, 6.45) is 76.7. The van der Waals surface area contributed by atoms with Gasteiger partial charge in [0.1, 0.15) is 13.2 Å². The van der Waals surface area contributed by atoms with Crippen molar-refractivity contribution in [1.29, 1.82) is 0 Å². The Morgan fingerprint density at radius 1 is 0.453 bits per heavy atom. The van der Waals surface area contributed by atoms with Crippen molar-refractivity contribution < 1.29 is 32.9 Å². The number of aliphatic hydroxyl groups is 1. The van der Waals surface area contributed by atoms with Gasteiger partial charge in [0.05, 0.1) is 39.9 Å². The first-order valence-corrected chi connectivity index (χ1v) is 34.0.